The number of benzene rings is 2. The number of Topliss-reactive ketones (excluding diaryl/α,β-unsaturated/α-hetero) is 1. The third-order valence-corrected chi connectivity index (χ3v) is 4.52. The van der Waals surface area contributed by atoms with Crippen molar-refractivity contribution in [3.8, 4) is 11.5 Å². The maximum Gasteiger partial charge on any atom is 0.170 e. The summed E-state index contributed by atoms with van der Waals surface area (Å²) in [7, 11) is 0. The minimum Gasteiger partial charge on any atom is -0.489 e. The van der Waals surface area contributed by atoms with E-state index < -0.39 is 0 Å². The zero-order valence-electron chi connectivity index (χ0n) is 12.9. The van der Waals surface area contributed by atoms with Gasteiger partial charge in [-0.05, 0) is 24.2 Å². The van der Waals surface area contributed by atoms with Crippen molar-refractivity contribution in [3.63, 3.8) is 0 Å². The molecule has 118 valence electrons. The average Bonchev–Trinajstić information content (AvgIpc) is 3.01. The fraction of sp³-hybridized carbons (Fsp3) is 0.316. The molecule has 0 bridgehead atoms. The Hall–Kier alpha value is -2.33. The summed E-state index contributed by atoms with van der Waals surface area (Å²) >= 11 is 0. The van der Waals surface area contributed by atoms with Crippen LogP contribution in [-0.4, -0.2) is 24.5 Å². The Balaban J connectivity index is 1.54. The van der Waals surface area contributed by atoms with E-state index in [9.17, 15) is 4.79 Å². The van der Waals surface area contributed by atoms with Crippen LogP contribution in [-0.2, 0) is 6.61 Å². The van der Waals surface area contributed by atoms with Crippen molar-refractivity contribution in [2.24, 2.45) is 0 Å². The van der Waals surface area contributed by atoms with Crippen LogP contribution in [0, 0.1) is 0 Å². The standard InChI is InChI=1S/C19H19NO3/c21-17-11-19(8-9-20-13-19)23-18-10-15(6-7-16(17)18)22-12-14-4-2-1-3-5-14/h1-7,10,20H,8-9,11-13H2. The van der Waals surface area contributed by atoms with Gasteiger partial charge in [0, 0.05) is 19.0 Å². The molecule has 0 radical (unpaired) electrons. The van der Waals surface area contributed by atoms with Gasteiger partial charge >= 0.3 is 0 Å². The van der Waals surface area contributed by atoms with E-state index in [1.165, 1.54) is 0 Å². The number of hydrogen-bond donors (Lipinski definition) is 1. The molecule has 0 amide bonds. The van der Waals surface area contributed by atoms with E-state index in [1.807, 2.05) is 48.5 Å². The van der Waals surface area contributed by atoms with Gasteiger partial charge in [-0.3, -0.25) is 4.79 Å². The molecular formula is C19H19NO3. The molecule has 1 fully saturated rings. The van der Waals surface area contributed by atoms with E-state index >= 15 is 0 Å². The normalized spacial score (nSPS) is 22.7. The fourth-order valence-corrected chi connectivity index (χ4v) is 3.26. The number of rotatable bonds is 3. The molecule has 0 saturated carbocycles. The number of carbonyl (C=O) groups excluding carboxylic acids is 1. The van der Waals surface area contributed by atoms with Gasteiger partial charge in [-0.25, -0.2) is 0 Å². The molecule has 0 aliphatic carbocycles. The van der Waals surface area contributed by atoms with E-state index in [0.717, 1.165) is 30.8 Å². The van der Waals surface area contributed by atoms with Crippen LogP contribution in [0.4, 0.5) is 0 Å². The number of hydrogen-bond acceptors (Lipinski definition) is 4. The summed E-state index contributed by atoms with van der Waals surface area (Å²) in [6.07, 6.45) is 1.32. The highest BCUT2D eigenvalue weighted by molar-refractivity contribution is 6.00. The van der Waals surface area contributed by atoms with Gasteiger partial charge in [-0.15, -0.1) is 0 Å². The van der Waals surface area contributed by atoms with Gasteiger partial charge in [0.2, 0.25) is 0 Å². The molecule has 1 spiro atoms. The Morgan fingerprint density at radius 3 is 2.83 bits per heavy atom. The van der Waals surface area contributed by atoms with Gasteiger partial charge in [0.15, 0.2) is 5.78 Å². The predicted molar refractivity (Wildman–Crippen MR) is 87.0 cm³/mol. The summed E-state index contributed by atoms with van der Waals surface area (Å²) in [5, 5.41) is 3.29. The van der Waals surface area contributed by atoms with E-state index in [-0.39, 0.29) is 11.4 Å². The number of ketones is 1. The van der Waals surface area contributed by atoms with Crippen molar-refractivity contribution in [2.45, 2.75) is 25.0 Å². The Kier molecular flexibility index (Phi) is 3.54. The Bertz CT molecular complexity index is 721. The second-order valence-electron chi connectivity index (χ2n) is 6.24. The average molecular weight is 309 g/mol. The molecule has 4 rings (SSSR count). The van der Waals surface area contributed by atoms with Crippen molar-refractivity contribution in [3.05, 3.63) is 59.7 Å². The molecule has 1 atom stereocenters. The third kappa shape index (κ3) is 2.82. The molecule has 1 saturated heterocycles. The molecule has 4 nitrogen and oxygen atoms in total. The van der Waals surface area contributed by atoms with Crippen LogP contribution in [0.2, 0.25) is 0 Å². The molecule has 2 aromatic carbocycles. The number of ether oxygens (including phenoxy) is 2. The topological polar surface area (TPSA) is 47.6 Å². The van der Waals surface area contributed by atoms with E-state index in [2.05, 4.69) is 5.32 Å². The smallest absolute Gasteiger partial charge is 0.170 e. The minimum absolute atomic E-state index is 0.157. The van der Waals surface area contributed by atoms with E-state index in [0.29, 0.717) is 24.3 Å². The summed E-state index contributed by atoms with van der Waals surface area (Å²) in [5.74, 6) is 1.53. The van der Waals surface area contributed by atoms with Crippen molar-refractivity contribution >= 4 is 5.78 Å². The summed E-state index contributed by atoms with van der Waals surface area (Å²) in [6, 6.07) is 15.5. The van der Waals surface area contributed by atoms with Crippen molar-refractivity contribution < 1.29 is 14.3 Å². The highest BCUT2D eigenvalue weighted by Crippen LogP contribution is 2.38. The molecule has 2 aliphatic rings. The molecule has 2 aliphatic heterocycles. The maximum absolute atomic E-state index is 12.4. The van der Waals surface area contributed by atoms with Crippen LogP contribution in [0.25, 0.3) is 0 Å². The van der Waals surface area contributed by atoms with Gasteiger partial charge < -0.3 is 14.8 Å². The van der Waals surface area contributed by atoms with Crippen molar-refractivity contribution in [1.29, 1.82) is 0 Å². The first-order chi connectivity index (χ1) is 11.2. The lowest BCUT2D eigenvalue weighted by atomic mass is 9.89. The first kappa shape index (κ1) is 14.3. The summed E-state index contributed by atoms with van der Waals surface area (Å²) in [6.45, 7) is 2.13. The van der Waals surface area contributed by atoms with Crippen LogP contribution < -0.4 is 14.8 Å². The lowest BCUT2D eigenvalue weighted by Gasteiger charge is -2.34. The van der Waals surface area contributed by atoms with E-state index in [1.54, 1.807) is 0 Å². The molecule has 1 unspecified atom stereocenters. The highest BCUT2D eigenvalue weighted by atomic mass is 16.5. The molecule has 23 heavy (non-hydrogen) atoms. The Morgan fingerprint density at radius 2 is 2.04 bits per heavy atom. The quantitative estimate of drug-likeness (QED) is 0.947. The van der Waals surface area contributed by atoms with Gasteiger partial charge in [0.1, 0.15) is 23.7 Å². The largest absolute Gasteiger partial charge is 0.489 e. The van der Waals surface area contributed by atoms with Gasteiger partial charge in [0.05, 0.1) is 12.0 Å². The van der Waals surface area contributed by atoms with Crippen molar-refractivity contribution in [2.75, 3.05) is 13.1 Å². The Labute approximate surface area is 135 Å². The Morgan fingerprint density at radius 1 is 1.17 bits per heavy atom. The SMILES string of the molecule is O=C1CC2(CCNC2)Oc2cc(OCc3ccccc3)ccc21. The zero-order chi connectivity index (χ0) is 15.7. The van der Waals surface area contributed by atoms with Crippen LogP contribution in [0.1, 0.15) is 28.8 Å². The van der Waals surface area contributed by atoms with Crippen LogP contribution in [0.15, 0.2) is 48.5 Å². The molecule has 2 aromatic rings. The number of nitrogens with one attached hydrogen (secondary N) is 1. The zero-order valence-corrected chi connectivity index (χ0v) is 12.9. The van der Waals surface area contributed by atoms with E-state index in [4.69, 9.17) is 9.47 Å². The first-order valence-corrected chi connectivity index (χ1v) is 7.98. The fourth-order valence-electron chi connectivity index (χ4n) is 3.26. The summed E-state index contributed by atoms with van der Waals surface area (Å²) in [4.78, 5) is 12.4. The number of fused-ring (bicyclic) bond motifs is 1. The lowest BCUT2D eigenvalue weighted by Crippen LogP contribution is -2.43. The molecular weight excluding hydrogens is 290 g/mol. The summed E-state index contributed by atoms with van der Waals surface area (Å²) < 4.78 is 12.0. The highest BCUT2D eigenvalue weighted by Gasteiger charge is 2.42. The maximum atomic E-state index is 12.4. The third-order valence-electron chi connectivity index (χ3n) is 4.52. The van der Waals surface area contributed by atoms with Crippen LogP contribution >= 0.6 is 0 Å². The molecule has 4 heteroatoms. The van der Waals surface area contributed by atoms with Crippen LogP contribution in [0.5, 0.6) is 11.5 Å². The first-order valence-electron chi connectivity index (χ1n) is 7.98. The van der Waals surface area contributed by atoms with Gasteiger partial charge in [-0.2, -0.15) is 0 Å². The second kappa shape index (κ2) is 5.70. The number of carbonyl (C=O) groups is 1. The van der Waals surface area contributed by atoms with Gasteiger partial charge in [-0.1, -0.05) is 30.3 Å². The molecule has 1 N–H and O–H groups in total. The summed E-state index contributed by atoms with van der Waals surface area (Å²) in [5.41, 5.74) is 1.40. The van der Waals surface area contributed by atoms with Crippen molar-refractivity contribution in [1.82, 2.24) is 5.32 Å². The molecule has 0 aromatic heterocycles. The van der Waals surface area contributed by atoms with Crippen LogP contribution in [0.3, 0.4) is 0 Å². The lowest BCUT2D eigenvalue weighted by molar-refractivity contribution is 0.0526. The second-order valence-corrected chi connectivity index (χ2v) is 6.24. The monoisotopic (exact) mass is 309 g/mol. The predicted octanol–water partition coefficient (Wildman–Crippen LogP) is 2.96. The minimum atomic E-state index is -0.373. The van der Waals surface area contributed by atoms with Gasteiger partial charge in [0.25, 0.3) is 0 Å². The molecule has 2 heterocycles.